The third-order valence-electron chi connectivity index (χ3n) is 4.56. The van der Waals surface area contributed by atoms with Crippen LogP contribution in [0.2, 0.25) is 18.1 Å². The van der Waals surface area contributed by atoms with Crippen LogP contribution in [-0.4, -0.2) is 37.6 Å². The first-order valence-corrected chi connectivity index (χ1v) is 10.6. The first kappa shape index (κ1) is 19.0. The minimum Gasteiger partial charge on any atom is -0.451 e. The maximum absolute atomic E-state index is 12.3. The van der Waals surface area contributed by atoms with Crippen molar-refractivity contribution >= 4 is 25.9 Å². The molecule has 6 heteroatoms. The van der Waals surface area contributed by atoms with E-state index in [-0.39, 0.29) is 17.6 Å². The molecule has 1 fully saturated rings. The molecule has 1 rings (SSSR count). The lowest BCUT2D eigenvalue weighted by molar-refractivity contribution is -0.150. The van der Waals surface area contributed by atoms with Crippen LogP contribution in [0.5, 0.6) is 0 Å². The molecule has 0 N–H and O–H groups in total. The van der Waals surface area contributed by atoms with Crippen molar-refractivity contribution in [1.82, 2.24) is 0 Å². The number of ketones is 2. The van der Waals surface area contributed by atoms with E-state index in [9.17, 15) is 14.4 Å². The van der Waals surface area contributed by atoms with Gasteiger partial charge in [0.15, 0.2) is 31.4 Å². The number of carbonyl (C=O) groups is 3. The summed E-state index contributed by atoms with van der Waals surface area (Å²) in [7, 11) is -1.99. The Morgan fingerprint density at radius 2 is 1.82 bits per heavy atom. The van der Waals surface area contributed by atoms with E-state index in [1.54, 1.807) is 0 Å². The number of hydrogen-bond acceptors (Lipinski definition) is 5. The second-order valence-electron chi connectivity index (χ2n) is 8.09. The van der Waals surface area contributed by atoms with Gasteiger partial charge in [-0.25, -0.2) is 0 Å². The summed E-state index contributed by atoms with van der Waals surface area (Å²) in [5.41, 5.74) is -1.21. The van der Waals surface area contributed by atoms with Crippen LogP contribution >= 0.6 is 0 Å². The van der Waals surface area contributed by atoms with Gasteiger partial charge in [0.05, 0.1) is 0 Å². The van der Waals surface area contributed by atoms with Crippen molar-refractivity contribution in [3.63, 3.8) is 0 Å². The lowest BCUT2D eigenvalue weighted by Gasteiger charge is -2.38. The predicted molar refractivity (Wildman–Crippen MR) is 86.0 cm³/mol. The van der Waals surface area contributed by atoms with Crippen molar-refractivity contribution in [2.75, 3.05) is 0 Å². The summed E-state index contributed by atoms with van der Waals surface area (Å²) in [4.78, 5) is 36.2. The Balaban J connectivity index is 2.74. The lowest BCUT2D eigenvalue weighted by atomic mass is 9.90. The quantitative estimate of drug-likeness (QED) is 0.441. The highest BCUT2D eigenvalue weighted by atomic mass is 28.4. The molecule has 0 spiro atoms. The normalized spacial score (nSPS) is 23.4. The van der Waals surface area contributed by atoms with Crippen LogP contribution in [0.25, 0.3) is 0 Å². The molecule has 1 aliphatic rings. The number of ether oxygens (including phenoxy) is 1. The zero-order valence-electron chi connectivity index (χ0n) is 14.9. The standard InChI is InChI=1S/C16H28O5Si/c1-10(21-22(7,8)15(2,3)4)9-11(17)12-13(18)16(5,6)20-14(12)19/h10,12H,9H2,1-8H3/t10-,12?/m1/s1. The molecule has 0 amide bonds. The average Bonchev–Trinajstić information content (AvgIpc) is 2.44. The van der Waals surface area contributed by atoms with Crippen molar-refractivity contribution in [3.8, 4) is 0 Å². The van der Waals surface area contributed by atoms with E-state index in [1.807, 2.05) is 6.92 Å². The number of esters is 1. The van der Waals surface area contributed by atoms with Crippen molar-refractivity contribution in [1.29, 1.82) is 0 Å². The third-order valence-corrected chi connectivity index (χ3v) is 9.16. The SMILES string of the molecule is C[C@H](CC(=O)C1C(=O)OC(C)(C)C1=O)O[Si](C)(C)C(C)(C)C. The topological polar surface area (TPSA) is 69.7 Å². The van der Waals surface area contributed by atoms with Crippen LogP contribution in [0.3, 0.4) is 0 Å². The Labute approximate surface area is 133 Å². The van der Waals surface area contributed by atoms with E-state index in [4.69, 9.17) is 9.16 Å². The summed E-state index contributed by atoms with van der Waals surface area (Å²) in [6.45, 7) is 15.4. The van der Waals surface area contributed by atoms with Crippen molar-refractivity contribution in [2.24, 2.45) is 5.92 Å². The van der Waals surface area contributed by atoms with Crippen LogP contribution < -0.4 is 0 Å². The minimum atomic E-state index is -1.99. The molecule has 0 aromatic carbocycles. The van der Waals surface area contributed by atoms with Crippen molar-refractivity contribution < 1.29 is 23.5 Å². The monoisotopic (exact) mass is 328 g/mol. The van der Waals surface area contributed by atoms with Crippen LogP contribution in [-0.2, 0) is 23.5 Å². The maximum atomic E-state index is 12.3. The molecule has 0 aromatic heterocycles. The molecular formula is C16H28O5Si. The Hall–Kier alpha value is -1.01. The second-order valence-corrected chi connectivity index (χ2v) is 12.8. The van der Waals surface area contributed by atoms with Gasteiger partial charge in [0.2, 0.25) is 0 Å². The van der Waals surface area contributed by atoms with Gasteiger partial charge in [-0.1, -0.05) is 20.8 Å². The van der Waals surface area contributed by atoms with E-state index in [1.165, 1.54) is 13.8 Å². The molecule has 0 bridgehead atoms. The number of Topliss-reactive ketones (excluding diaryl/α,β-unsaturated/α-hetero) is 2. The Morgan fingerprint density at radius 1 is 1.32 bits per heavy atom. The Bertz CT molecular complexity index is 487. The van der Waals surface area contributed by atoms with Crippen molar-refractivity contribution in [2.45, 2.75) is 77.8 Å². The summed E-state index contributed by atoms with van der Waals surface area (Å²) in [6, 6.07) is 0. The van der Waals surface area contributed by atoms with Crippen LogP contribution in [0.4, 0.5) is 0 Å². The van der Waals surface area contributed by atoms with Crippen LogP contribution in [0.1, 0.15) is 48.0 Å². The predicted octanol–water partition coefficient (Wildman–Crippen LogP) is 2.88. The molecule has 1 heterocycles. The summed E-state index contributed by atoms with van der Waals surface area (Å²) in [5.74, 6) is -2.89. The smallest absolute Gasteiger partial charge is 0.325 e. The average molecular weight is 328 g/mol. The van der Waals surface area contributed by atoms with E-state index < -0.39 is 37.4 Å². The van der Waals surface area contributed by atoms with E-state index in [0.29, 0.717) is 0 Å². The molecular weight excluding hydrogens is 300 g/mol. The summed E-state index contributed by atoms with van der Waals surface area (Å²) in [6.07, 6.45) is -0.272. The molecule has 0 saturated carbocycles. The van der Waals surface area contributed by atoms with Gasteiger partial charge in [0.1, 0.15) is 0 Å². The molecule has 1 unspecified atom stereocenters. The van der Waals surface area contributed by atoms with Gasteiger partial charge in [-0.15, -0.1) is 0 Å². The zero-order chi connectivity index (χ0) is 17.5. The van der Waals surface area contributed by atoms with E-state index in [2.05, 4.69) is 33.9 Å². The van der Waals surface area contributed by atoms with Gasteiger partial charge in [0, 0.05) is 12.5 Å². The molecule has 2 atom stereocenters. The number of rotatable bonds is 5. The summed E-state index contributed by atoms with van der Waals surface area (Å²) in [5, 5.41) is 0.0361. The third kappa shape index (κ3) is 3.84. The van der Waals surface area contributed by atoms with Gasteiger partial charge in [-0.3, -0.25) is 14.4 Å². The number of carbonyl (C=O) groups excluding carboxylic acids is 3. The van der Waals surface area contributed by atoms with Gasteiger partial charge >= 0.3 is 5.97 Å². The molecule has 0 aliphatic carbocycles. The minimum absolute atomic E-state index is 0.0361. The Morgan fingerprint density at radius 3 is 2.18 bits per heavy atom. The fraction of sp³-hybridized carbons (Fsp3) is 0.812. The van der Waals surface area contributed by atoms with E-state index in [0.717, 1.165) is 0 Å². The van der Waals surface area contributed by atoms with Gasteiger partial charge in [-0.2, -0.15) is 0 Å². The van der Waals surface area contributed by atoms with Gasteiger partial charge in [-0.05, 0) is 38.9 Å². The highest BCUT2D eigenvalue weighted by molar-refractivity contribution is 6.74. The molecule has 1 aliphatic heterocycles. The van der Waals surface area contributed by atoms with Gasteiger partial charge < -0.3 is 9.16 Å². The number of hydrogen-bond donors (Lipinski definition) is 0. The first-order valence-electron chi connectivity index (χ1n) is 7.67. The van der Waals surface area contributed by atoms with Crippen LogP contribution in [0.15, 0.2) is 0 Å². The van der Waals surface area contributed by atoms with Crippen LogP contribution in [0, 0.1) is 5.92 Å². The van der Waals surface area contributed by atoms with Crippen molar-refractivity contribution in [3.05, 3.63) is 0 Å². The highest BCUT2D eigenvalue weighted by Gasteiger charge is 2.52. The maximum Gasteiger partial charge on any atom is 0.325 e. The van der Waals surface area contributed by atoms with Gasteiger partial charge in [0.25, 0.3) is 0 Å². The lowest BCUT2D eigenvalue weighted by Crippen LogP contribution is -2.44. The Kier molecular flexibility index (Phi) is 5.09. The molecule has 1 saturated heterocycles. The molecule has 0 radical (unpaired) electrons. The molecule has 0 aromatic rings. The zero-order valence-corrected chi connectivity index (χ0v) is 15.9. The largest absolute Gasteiger partial charge is 0.451 e. The fourth-order valence-electron chi connectivity index (χ4n) is 2.22. The highest BCUT2D eigenvalue weighted by Crippen LogP contribution is 2.38. The van der Waals surface area contributed by atoms with E-state index >= 15 is 0 Å². The number of cyclic esters (lactones) is 1. The molecule has 22 heavy (non-hydrogen) atoms. The summed E-state index contributed by atoms with van der Waals surface area (Å²) < 4.78 is 11.1. The fourth-order valence-corrected chi connectivity index (χ4v) is 3.66. The molecule has 126 valence electrons. The summed E-state index contributed by atoms with van der Waals surface area (Å²) >= 11 is 0. The first-order chi connectivity index (χ1) is 9.69. The molecule has 5 nitrogen and oxygen atoms in total. The second kappa shape index (κ2) is 5.89.